The summed E-state index contributed by atoms with van der Waals surface area (Å²) in [6.45, 7) is 0. The van der Waals surface area contributed by atoms with Gasteiger partial charge in [-0.3, -0.25) is 4.79 Å². The van der Waals surface area contributed by atoms with Crippen molar-refractivity contribution in [2.75, 3.05) is 0 Å². The van der Waals surface area contributed by atoms with Gasteiger partial charge in [0.05, 0.1) is 0 Å². The van der Waals surface area contributed by atoms with Crippen LogP contribution in [-0.4, -0.2) is 17.9 Å². The van der Waals surface area contributed by atoms with Gasteiger partial charge in [0.25, 0.3) is 5.78 Å². The third-order valence-corrected chi connectivity index (χ3v) is 4.41. The lowest BCUT2D eigenvalue weighted by atomic mass is 9.81. The second-order valence-electron chi connectivity index (χ2n) is 5.94. The Morgan fingerprint density at radius 1 is 0.826 bits per heavy atom. The van der Waals surface area contributed by atoms with E-state index < -0.39 is 11.8 Å². The van der Waals surface area contributed by atoms with E-state index >= 15 is 0 Å². The summed E-state index contributed by atoms with van der Waals surface area (Å²) in [6.07, 6.45) is 3.74. The first-order valence-electron chi connectivity index (χ1n) is 8.11. The van der Waals surface area contributed by atoms with Crippen molar-refractivity contribution in [2.24, 2.45) is 0 Å². The molecule has 0 saturated heterocycles. The zero-order valence-electron chi connectivity index (χ0n) is 13.0. The number of benzene rings is 2. The molecule has 0 spiro atoms. The Morgan fingerprint density at radius 3 is 2.13 bits per heavy atom. The van der Waals surface area contributed by atoms with E-state index in [2.05, 4.69) is 12.1 Å². The molecule has 0 heterocycles. The van der Waals surface area contributed by atoms with Gasteiger partial charge in [-0.05, 0) is 24.8 Å². The highest BCUT2D eigenvalue weighted by molar-refractivity contribution is 6.40. The van der Waals surface area contributed by atoms with Crippen LogP contribution >= 0.6 is 0 Å². The lowest BCUT2D eigenvalue weighted by Crippen LogP contribution is -2.31. The molecule has 2 aromatic carbocycles. The molecule has 0 bridgehead atoms. The van der Waals surface area contributed by atoms with Crippen LogP contribution in [0.15, 0.2) is 60.7 Å². The van der Waals surface area contributed by atoms with Crippen LogP contribution in [0.4, 0.5) is 0 Å². The Hall–Kier alpha value is -2.42. The molecule has 0 radical (unpaired) electrons. The van der Waals surface area contributed by atoms with Crippen LogP contribution in [0.5, 0.6) is 0 Å². The van der Waals surface area contributed by atoms with Crippen molar-refractivity contribution in [1.29, 1.82) is 0 Å². The van der Waals surface area contributed by atoms with Crippen LogP contribution in [0.1, 0.15) is 47.5 Å². The van der Waals surface area contributed by atoms with Gasteiger partial charge in [-0.2, -0.15) is 0 Å². The summed E-state index contributed by atoms with van der Waals surface area (Å²) >= 11 is 0. The van der Waals surface area contributed by atoms with Crippen LogP contribution < -0.4 is 0 Å². The number of rotatable bonds is 4. The van der Waals surface area contributed by atoms with Crippen molar-refractivity contribution in [3.8, 4) is 0 Å². The number of carbonyl (C=O) groups is 2. The molecule has 0 N–H and O–H groups in total. The summed E-state index contributed by atoms with van der Waals surface area (Å²) in [7, 11) is 0. The van der Waals surface area contributed by atoms with E-state index in [4.69, 9.17) is 4.74 Å². The molecular formula is C20H20O3. The van der Waals surface area contributed by atoms with Crippen molar-refractivity contribution < 1.29 is 14.3 Å². The van der Waals surface area contributed by atoms with E-state index in [1.54, 1.807) is 24.3 Å². The van der Waals surface area contributed by atoms with Crippen LogP contribution in [0.3, 0.4) is 0 Å². The minimum absolute atomic E-state index is 0.178. The van der Waals surface area contributed by atoms with Gasteiger partial charge in [0.2, 0.25) is 0 Å². The van der Waals surface area contributed by atoms with Crippen LogP contribution in [0, 0.1) is 0 Å². The molecule has 2 atom stereocenters. The largest absolute Gasteiger partial charge is 0.456 e. The predicted molar refractivity (Wildman–Crippen MR) is 88.3 cm³/mol. The molecule has 0 amide bonds. The van der Waals surface area contributed by atoms with Crippen LogP contribution in [-0.2, 0) is 9.53 Å². The number of hydrogen-bond acceptors (Lipinski definition) is 3. The van der Waals surface area contributed by atoms with Gasteiger partial charge >= 0.3 is 5.97 Å². The van der Waals surface area contributed by atoms with Crippen molar-refractivity contribution in [2.45, 2.75) is 37.7 Å². The molecule has 2 aromatic rings. The van der Waals surface area contributed by atoms with Gasteiger partial charge in [0, 0.05) is 11.5 Å². The molecule has 0 aliphatic heterocycles. The molecule has 3 nitrogen and oxygen atoms in total. The second kappa shape index (κ2) is 7.23. The zero-order chi connectivity index (χ0) is 16.1. The van der Waals surface area contributed by atoms with Gasteiger partial charge in [0.1, 0.15) is 6.10 Å². The van der Waals surface area contributed by atoms with Crippen molar-refractivity contribution in [3.63, 3.8) is 0 Å². The predicted octanol–water partition coefficient (Wildman–Crippen LogP) is 4.14. The Morgan fingerprint density at radius 2 is 1.43 bits per heavy atom. The molecule has 3 heteroatoms. The van der Waals surface area contributed by atoms with Gasteiger partial charge in [0.15, 0.2) is 0 Å². The van der Waals surface area contributed by atoms with Gasteiger partial charge < -0.3 is 4.74 Å². The summed E-state index contributed by atoms with van der Waals surface area (Å²) in [5.74, 6) is -1.13. The first-order chi connectivity index (χ1) is 11.3. The molecular weight excluding hydrogens is 288 g/mol. The molecule has 3 rings (SSSR count). The van der Waals surface area contributed by atoms with E-state index in [0.717, 1.165) is 25.7 Å². The number of esters is 1. The highest BCUT2D eigenvalue weighted by Gasteiger charge is 2.31. The van der Waals surface area contributed by atoms with E-state index in [-0.39, 0.29) is 12.0 Å². The third-order valence-electron chi connectivity index (χ3n) is 4.41. The summed E-state index contributed by atoms with van der Waals surface area (Å²) in [5, 5.41) is 0. The second-order valence-corrected chi connectivity index (χ2v) is 5.94. The Labute approximate surface area is 136 Å². The van der Waals surface area contributed by atoms with E-state index in [1.807, 2.05) is 24.3 Å². The van der Waals surface area contributed by atoms with E-state index in [9.17, 15) is 9.59 Å². The lowest BCUT2D eigenvalue weighted by molar-refractivity contribution is -0.145. The molecule has 0 unspecified atom stereocenters. The summed E-state index contributed by atoms with van der Waals surface area (Å²) in [5.41, 5.74) is 1.56. The highest BCUT2D eigenvalue weighted by atomic mass is 16.5. The Balaban J connectivity index is 1.72. The van der Waals surface area contributed by atoms with Crippen molar-refractivity contribution >= 4 is 11.8 Å². The average Bonchev–Trinajstić information content (AvgIpc) is 2.63. The standard InChI is InChI=1S/C20H20O3/c21-19(16-11-5-2-6-12-16)20(22)23-18-14-8-7-13-17(18)15-9-3-1-4-10-15/h1-6,9-12,17-18H,7-8,13-14H2/t17-,18+/m1/s1. The zero-order valence-corrected chi connectivity index (χ0v) is 13.0. The maximum atomic E-state index is 12.2. The SMILES string of the molecule is O=C(O[C@H]1CCCC[C@@H]1c1ccccc1)C(=O)c1ccccc1. The third kappa shape index (κ3) is 3.67. The minimum atomic E-state index is -0.746. The van der Waals surface area contributed by atoms with Gasteiger partial charge in [-0.1, -0.05) is 67.1 Å². The van der Waals surface area contributed by atoms with Gasteiger partial charge in [-0.25, -0.2) is 4.79 Å². The molecule has 0 aromatic heterocycles. The van der Waals surface area contributed by atoms with E-state index in [1.165, 1.54) is 5.56 Å². The molecule has 1 fully saturated rings. The fourth-order valence-corrected chi connectivity index (χ4v) is 3.22. The quantitative estimate of drug-likeness (QED) is 0.484. The normalized spacial score (nSPS) is 20.7. The lowest BCUT2D eigenvalue weighted by Gasteiger charge is -2.31. The molecule has 1 aliphatic rings. The maximum Gasteiger partial charge on any atom is 0.379 e. The minimum Gasteiger partial charge on any atom is -0.456 e. The molecule has 118 valence electrons. The summed E-state index contributed by atoms with van der Waals surface area (Å²) in [6, 6.07) is 18.7. The molecule has 1 saturated carbocycles. The van der Waals surface area contributed by atoms with Crippen molar-refractivity contribution in [3.05, 3.63) is 71.8 Å². The van der Waals surface area contributed by atoms with Crippen LogP contribution in [0.2, 0.25) is 0 Å². The van der Waals surface area contributed by atoms with Gasteiger partial charge in [-0.15, -0.1) is 0 Å². The first kappa shape index (κ1) is 15.5. The van der Waals surface area contributed by atoms with Crippen LogP contribution in [0.25, 0.3) is 0 Å². The number of carbonyl (C=O) groups excluding carboxylic acids is 2. The van der Waals surface area contributed by atoms with Crippen molar-refractivity contribution in [1.82, 2.24) is 0 Å². The monoisotopic (exact) mass is 308 g/mol. The Bertz CT molecular complexity index is 664. The Kier molecular flexibility index (Phi) is 4.86. The number of hydrogen-bond donors (Lipinski definition) is 0. The number of ether oxygens (including phenoxy) is 1. The summed E-state index contributed by atoms with van der Waals surface area (Å²) < 4.78 is 5.59. The average molecular weight is 308 g/mol. The topological polar surface area (TPSA) is 43.4 Å². The summed E-state index contributed by atoms with van der Waals surface area (Å²) in [4.78, 5) is 24.4. The smallest absolute Gasteiger partial charge is 0.379 e. The van der Waals surface area contributed by atoms with E-state index in [0.29, 0.717) is 5.56 Å². The fourth-order valence-electron chi connectivity index (χ4n) is 3.22. The number of ketones is 1. The maximum absolute atomic E-state index is 12.2. The number of Topliss-reactive ketones (excluding diaryl/α,β-unsaturated/α-hetero) is 1. The first-order valence-corrected chi connectivity index (χ1v) is 8.11. The fraction of sp³-hybridized carbons (Fsp3) is 0.300. The highest BCUT2D eigenvalue weighted by Crippen LogP contribution is 2.35. The molecule has 23 heavy (non-hydrogen) atoms. The molecule has 1 aliphatic carbocycles.